The van der Waals surface area contributed by atoms with Gasteiger partial charge in [-0.1, -0.05) is 12.1 Å². The zero-order valence-electron chi connectivity index (χ0n) is 14.1. The number of rotatable bonds is 6. The maximum absolute atomic E-state index is 12.2. The lowest BCUT2D eigenvalue weighted by atomic mass is 10.1. The first-order valence-corrected chi connectivity index (χ1v) is 9.85. The molecule has 5 nitrogen and oxygen atoms in total. The van der Waals surface area contributed by atoms with E-state index in [2.05, 4.69) is 5.32 Å². The average molecular weight is 348 g/mol. The second-order valence-electron chi connectivity index (χ2n) is 6.50. The molecule has 2 heterocycles. The van der Waals surface area contributed by atoms with E-state index in [1.54, 1.807) is 9.80 Å². The van der Waals surface area contributed by atoms with Gasteiger partial charge >= 0.3 is 0 Å². The summed E-state index contributed by atoms with van der Waals surface area (Å²) in [6.07, 6.45) is 5.03. The van der Waals surface area contributed by atoms with Gasteiger partial charge in [0.1, 0.15) is 6.54 Å². The molecule has 1 aromatic rings. The number of hydrogen-bond acceptors (Lipinski definition) is 3. The van der Waals surface area contributed by atoms with Gasteiger partial charge in [0.2, 0.25) is 11.8 Å². The second-order valence-corrected chi connectivity index (χ2v) is 7.52. The summed E-state index contributed by atoms with van der Waals surface area (Å²) < 4.78 is 0. The van der Waals surface area contributed by atoms with Crippen LogP contribution in [0.25, 0.3) is 0 Å². The third-order valence-electron chi connectivity index (χ3n) is 4.70. The van der Waals surface area contributed by atoms with Crippen LogP contribution < -0.4 is 15.1 Å². The molecule has 0 unspecified atom stereocenters. The van der Waals surface area contributed by atoms with Crippen molar-refractivity contribution in [1.29, 1.82) is 0 Å². The van der Waals surface area contributed by atoms with Crippen LogP contribution in [0, 0.1) is 0 Å². The highest BCUT2D eigenvalue weighted by Gasteiger charge is 2.26. The Hall–Kier alpha value is -1.53. The minimum absolute atomic E-state index is 0.00612. The van der Waals surface area contributed by atoms with Crippen LogP contribution >= 0.6 is 11.8 Å². The van der Waals surface area contributed by atoms with E-state index in [0.717, 1.165) is 23.5 Å². The molecule has 2 aliphatic rings. The number of carbonyl (C=O) groups is 2. The van der Waals surface area contributed by atoms with Crippen molar-refractivity contribution >= 4 is 29.3 Å². The number of piperidine rings is 1. The molecule has 0 bridgehead atoms. The summed E-state index contributed by atoms with van der Waals surface area (Å²) in [6.45, 7) is 4.48. The van der Waals surface area contributed by atoms with Crippen LogP contribution in [0.5, 0.6) is 0 Å². The zero-order chi connectivity index (χ0) is 16.8. The first-order valence-electron chi connectivity index (χ1n) is 8.86. The highest BCUT2D eigenvalue weighted by Crippen LogP contribution is 2.34. The Kier molecular flexibility index (Phi) is 6.15. The summed E-state index contributed by atoms with van der Waals surface area (Å²) in [6, 6.07) is 7.78. The summed E-state index contributed by atoms with van der Waals surface area (Å²) in [4.78, 5) is 28.7. The fourth-order valence-electron chi connectivity index (χ4n) is 3.39. The van der Waals surface area contributed by atoms with Gasteiger partial charge in [0.05, 0.1) is 31.1 Å². The van der Waals surface area contributed by atoms with E-state index >= 15 is 0 Å². The lowest BCUT2D eigenvalue weighted by molar-refractivity contribution is -0.904. The molecule has 2 N–H and O–H groups in total. The first-order chi connectivity index (χ1) is 11.7. The molecule has 0 aromatic heterocycles. The molecular weight excluding hydrogens is 322 g/mol. The van der Waals surface area contributed by atoms with Crippen LogP contribution in [0.4, 0.5) is 5.69 Å². The maximum atomic E-state index is 12.2. The molecule has 1 fully saturated rings. The zero-order valence-corrected chi connectivity index (χ0v) is 14.9. The number of benzene rings is 1. The number of fused-ring (bicyclic) bond motifs is 1. The Morgan fingerprint density at radius 2 is 2.00 bits per heavy atom. The number of anilines is 1. The van der Waals surface area contributed by atoms with Gasteiger partial charge in [-0.2, -0.15) is 0 Å². The number of nitrogens with zero attached hydrogens (tertiary/aromatic N) is 1. The molecule has 1 saturated heterocycles. The molecule has 24 heavy (non-hydrogen) atoms. The lowest BCUT2D eigenvalue weighted by Gasteiger charge is -2.28. The van der Waals surface area contributed by atoms with Gasteiger partial charge in [-0.15, -0.1) is 11.8 Å². The third-order valence-corrected chi connectivity index (χ3v) is 5.75. The molecule has 0 spiro atoms. The molecule has 3 rings (SSSR count). The largest absolute Gasteiger partial charge is 0.354 e. The molecule has 0 saturated carbocycles. The average Bonchev–Trinajstić information content (AvgIpc) is 2.62. The van der Waals surface area contributed by atoms with Gasteiger partial charge in [0, 0.05) is 17.9 Å². The van der Waals surface area contributed by atoms with Crippen molar-refractivity contribution in [3.8, 4) is 0 Å². The quantitative estimate of drug-likeness (QED) is 0.744. The van der Waals surface area contributed by atoms with Crippen molar-refractivity contribution in [2.75, 3.05) is 43.4 Å². The topological polar surface area (TPSA) is 53.9 Å². The van der Waals surface area contributed by atoms with E-state index in [4.69, 9.17) is 0 Å². The number of carbonyl (C=O) groups excluding carboxylic acids is 2. The van der Waals surface area contributed by atoms with E-state index in [1.165, 1.54) is 44.1 Å². The highest BCUT2D eigenvalue weighted by atomic mass is 32.2. The molecule has 6 heteroatoms. The van der Waals surface area contributed by atoms with Crippen molar-refractivity contribution in [3.63, 3.8) is 0 Å². The van der Waals surface area contributed by atoms with E-state index < -0.39 is 0 Å². The minimum atomic E-state index is -0.0707. The van der Waals surface area contributed by atoms with Crippen LogP contribution in [0.3, 0.4) is 0 Å². The summed E-state index contributed by atoms with van der Waals surface area (Å²) >= 11 is 1.54. The van der Waals surface area contributed by atoms with Crippen molar-refractivity contribution in [1.82, 2.24) is 5.32 Å². The predicted molar refractivity (Wildman–Crippen MR) is 96.6 cm³/mol. The van der Waals surface area contributed by atoms with Gasteiger partial charge in [-0.25, -0.2) is 0 Å². The molecule has 0 aliphatic carbocycles. The number of likely N-dealkylation sites (tertiary alicyclic amines) is 1. The Morgan fingerprint density at radius 3 is 2.83 bits per heavy atom. The Morgan fingerprint density at radius 1 is 1.21 bits per heavy atom. The lowest BCUT2D eigenvalue weighted by Crippen LogP contribution is -3.12. The van der Waals surface area contributed by atoms with Crippen molar-refractivity contribution in [2.45, 2.75) is 30.6 Å². The fourth-order valence-corrected chi connectivity index (χ4v) is 4.33. The van der Waals surface area contributed by atoms with Gasteiger partial charge < -0.3 is 15.1 Å². The van der Waals surface area contributed by atoms with Crippen LogP contribution in [-0.2, 0) is 9.59 Å². The molecule has 2 amide bonds. The minimum Gasteiger partial charge on any atom is -0.354 e. The van der Waals surface area contributed by atoms with Gasteiger partial charge in [0.15, 0.2) is 0 Å². The van der Waals surface area contributed by atoms with Crippen LogP contribution in [0.1, 0.15) is 25.7 Å². The number of amides is 2. The summed E-state index contributed by atoms with van der Waals surface area (Å²) in [5.41, 5.74) is 0.853. The fraction of sp³-hybridized carbons (Fsp3) is 0.556. The molecule has 0 radical (unpaired) electrons. The smallest absolute Gasteiger partial charge is 0.240 e. The number of nitrogens with one attached hydrogen (secondary N) is 2. The van der Waals surface area contributed by atoms with Gasteiger partial charge in [0.25, 0.3) is 0 Å². The number of thioether (sulfide) groups is 1. The van der Waals surface area contributed by atoms with Crippen molar-refractivity contribution in [3.05, 3.63) is 24.3 Å². The van der Waals surface area contributed by atoms with Crippen LogP contribution in [0.2, 0.25) is 0 Å². The van der Waals surface area contributed by atoms with E-state index in [1.807, 2.05) is 24.3 Å². The first kappa shape index (κ1) is 17.3. The van der Waals surface area contributed by atoms with Crippen LogP contribution in [-0.4, -0.2) is 50.3 Å². The monoisotopic (exact) mass is 348 g/mol. The molecule has 1 aromatic carbocycles. The van der Waals surface area contributed by atoms with Gasteiger partial charge in [-0.3, -0.25) is 9.59 Å². The van der Waals surface area contributed by atoms with Gasteiger partial charge in [-0.05, 0) is 31.4 Å². The van der Waals surface area contributed by atoms with Crippen LogP contribution in [0.15, 0.2) is 29.2 Å². The van der Waals surface area contributed by atoms with E-state index in [0.29, 0.717) is 12.3 Å². The Bertz CT molecular complexity index is 587. The Balaban J connectivity index is 1.44. The number of quaternary nitrogens is 1. The summed E-state index contributed by atoms with van der Waals surface area (Å²) in [7, 11) is 0. The molecule has 2 aliphatic heterocycles. The van der Waals surface area contributed by atoms with E-state index in [-0.39, 0.29) is 18.4 Å². The van der Waals surface area contributed by atoms with E-state index in [9.17, 15) is 9.59 Å². The highest BCUT2D eigenvalue weighted by molar-refractivity contribution is 8.00. The maximum Gasteiger partial charge on any atom is 0.240 e. The second kappa shape index (κ2) is 8.53. The molecule has 0 atom stereocenters. The predicted octanol–water partition coefficient (Wildman–Crippen LogP) is 0.700. The summed E-state index contributed by atoms with van der Waals surface area (Å²) in [5.74, 6) is 0.341. The molecular formula is C18H26N3O2S+. The normalized spacial score (nSPS) is 18.3. The SMILES string of the molecule is O=C(CN1C(=O)CSc2ccccc21)NCCC[NH+]1CCCCC1. The number of hydrogen-bond donors (Lipinski definition) is 2. The van der Waals surface area contributed by atoms with Crippen molar-refractivity contribution < 1.29 is 14.5 Å². The Labute approximate surface area is 147 Å². The standard InChI is InChI=1S/C18H25N3O2S/c22-17(19-9-6-12-20-10-4-1-5-11-20)13-21-15-7-2-3-8-16(15)24-14-18(21)23/h2-3,7-8H,1,4-6,9-14H2,(H,19,22)/p+1. The third kappa shape index (κ3) is 4.51. The summed E-state index contributed by atoms with van der Waals surface area (Å²) in [5, 5.41) is 2.97. The number of para-hydroxylation sites is 1. The van der Waals surface area contributed by atoms with Crippen molar-refractivity contribution in [2.24, 2.45) is 0 Å². The molecule has 130 valence electrons.